The van der Waals surface area contributed by atoms with Gasteiger partial charge in [-0.05, 0) is 43.3 Å². The number of thiocarbonyl (C=S) groups is 1. The maximum atomic E-state index is 13.0. The molecule has 0 atom stereocenters. The Morgan fingerprint density at radius 2 is 2.21 bits per heavy atom. The van der Waals surface area contributed by atoms with Gasteiger partial charge in [0.2, 0.25) is 5.91 Å². The largest absolute Gasteiger partial charge is 0.353 e. The molecule has 0 radical (unpaired) electrons. The third-order valence-electron chi connectivity index (χ3n) is 2.53. The Kier molecular flexibility index (Phi) is 4.55. The molecule has 2 rings (SSSR count). The third-order valence-corrected chi connectivity index (χ3v) is 3.07. The maximum absolute atomic E-state index is 13.0. The molecule has 1 amide bonds. The number of anilines is 1. The van der Waals surface area contributed by atoms with E-state index < -0.39 is 5.82 Å². The van der Waals surface area contributed by atoms with E-state index in [0.717, 1.165) is 12.8 Å². The van der Waals surface area contributed by atoms with Gasteiger partial charge in [-0.1, -0.05) is 11.6 Å². The van der Waals surface area contributed by atoms with Crippen LogP contribution in [0.25, 0.3) is 0 Å². The summed E-state index contributed by atoms with van der Waals surface area (Å²) in [4.78, 5) is 11.4. The smallest absolute Gasteiger partial charge is 0.239 e. The van der Waals surface area contributed by atoms with Gasteiger partial charge in [0.25, 0.3) is 0 Å². The lowest BCUT2D eigenvalue weighted by atomic mass is 10.3. The number of hydrogen-bond acceptors (Lipinski definition) is 2. The van der Waals surface area contributed by atoms with E-state index >= 15 is 0 Å². The number of hydrogen-bond donors (Lipinski definition) is 3. The molecule has 0 bridgehead atoms. The molecule has 0 saturated heterocycles. The molecule has 19 heavy (non-hydrogen) atoms. The summed E-state index contributed by atoms with van der Waals surface area (Å²) in [5, 5.41) is 8.72. The number of carbonyl (C=O) groups is 1. The fourth-order valence-electron chi connectivity index (χ4n) is 1.42. The van der Waals surface area contributed by atoms with Gasteiger partial charge in [0.1, 0.15) is 5.82 Å². The SMILES string of the molecule is O=C(CNC(=S)Nc1ccc(F)c(Cl)c1)NC1CC1. The van der Waals surface area contributed by atoms with Crippen LogP contribution in [0.3, 0.4) is 0 Å². The highest BCUT2D eigenvalue weighted by atomic mass is 35.5. The van der Waals surface area contributed by atoms with Gasteiger partial charge in [0.15, 0.2) is 5.11 Å². The summed E-state index contributed by atoms with van der Waals surface area (Å²) in [5.41, 5.74) is 0.562. The zero-order valence-electron chi connectivity index (χ0n) is 10.0. The molecule has 1 aliphatic rings. The van der Waals surface area contributed by atoms with E-state index in [9.17, 15) is 9.18 Å². The summed E-state index contributed by atoms with van der Waals surface area (Å²) in [7, 11) is 0. The van der Waals surface area contributed by atoms with Crippen molar-refractivity contribution < 1.29 is 9.18 Å². The lowest BCUT2D eigenvalue weighted by Crippen LogP contribution is -2.39. The Bertz CT molecular complexity index is 508. The summed E-state index contributed by atoms with van der Waals surface area (Å²) in [6.07, 6.45) is 2.09. The normalized spacial score (nSPS) is 13.8. The molecular formula is C12H13ClFN3OS. The second kappa shape index (κ2) is 6.16. The summed E-state index contributed by atoms with van der Waals surface area (Å²) < 4.78 is 13.0. The Labute approximate surface area is 120 Å². The van der Waals surface area contributed by atoms with Gasteiger partial charge in [-0.25, -0.2) is 4.39 Å². The molecule has 0 aliphatic heterocycles. The van der Waals surface area contributed by atoms with Crippen LogP contribution in [-0.2, 0) is 4.79 Å². The van der Waals surface area contributed by atoms with Crippen molar-refractivity contribution in [3.05, 3.63) is 29.0 Å². The minimum Gasteiger partial charge on any atom is -0.353 e. The predicted octanol–water partition coefficient (Wildman–Crippen LogP) is 2.04. The van der Waals surface area contributed by atoms with E-state index in [1.165, 1.54) is 18.2 Å². The topological polar surface area (TPSA) is 53.2 Å². The first-order valence-corrected chi connectivity index (χ1v) is 6.62. The van der Waals surface area contributed by atoms with Crippen molar-refractivity contribution >= 4 is 40.5 Å². The van der Waals surface area contributed by atoms with Gasteiger partial charge < -0.3 is 16.0 Å². The highest BCUT2D eigenvalue weighted by Crippen LogP contribution is 2.19. The summed E-state index contributed by atoms with van der Waals surface area (Å²) in [5.74, 6) is -0.585. The fraction of sp³-hybridized carbons (Fsp3) is 0.333. The number of amides is 1. The maximum Gasteiger partial charge on any atom is 0.239 e. The molecule has 0 heterocycles. The van der Waals surface area contributed by atoms with Gasteiger partial charge in [-0.2, -0.15) is 0 Å². The van der Waals surface area contributed by atoms with E-state index in [1.54, 1.807) is 0 Å². The molecule has 0 aromatic heterocycles. The van der Waals surface area contributed by atoms with E-state index in [2.05, 4.69) is 16.0 Å². The van der Waals surface area contributed by atoms with Crippen LogP contribution in [0.1, 0.15) is 12.8 Å². The summed E-state index contributed by atoms with van der Waals surface area (Å²) in [6, 6.07) is 4.51. The average Bonchev–Trinajstić information content (AvgIpc) is 3.15. The Morgan fingerprint density at radius 1 is 1.47 bits per heavy atom. The van der Waals surface area contributed by atoms with Gasteiger partial charge in [-0.15, -0.1) is 0 Å². The first-order chi connectivity index (χ1) is 9.04. The van der Waals surface area contributed by atoms with E-state index in [0.29, 0.717) is 11.7 Å². The van der Waals surface area contributed by atoms with Crippen molar-refractivity contribution in [1.82, 2.24) is 10.6 Å². The Hall–Kier alpha value is -1.40. The van der Waals surface area contributed by atoms with Crippen LogP contribution < -0.4 is 16.0 Å². The number of carbonyl (C=O) groups excluding carboxylic acids is 1. The minimum absolute atomic E-state index is 0.0132. The quantitative estimate of drug-likeness (QED) is 0.745. The van der Waals surface area contributed by atoms with Gasteiger partial charge >= 0.3 is 0 Å². The highest BCUT2D eigenvalue weighted by Gasteiger charge is 2.22. The average molecular weight is 302 g/mol. The van der Waals surface area contributed by atoms with Crippen molar-refractivity contribution in [1.29, 1.82) is 0 Å². The lowest BCUT2D eigenvalue weighted by Gasteiger charge is -2.10. The molecule has 7 heteroatoms. The number of rotatable bonds is 4. The van der Waals surface area contributed by atoms with Crippen LogP contribution in [0.2, 0.25) is 5.02 Å². The van der Waals surface area contributed by atoms with Crippen LogP contribution in [-0.4, -0.2) is 23.6 Å². The van der Waals surface area contributed by atoms with Crippen molar-refractivity contribution in [2.45, 2.75) is 18.9 Å². The van der Waals surface area contributed by atoms with Crippen molar-refractivity contribution in [3.63, 3.8) is 0 Å². The number of nitrogens with one attached hydrogen (secondary N) is 3. The lowest BCUT2D eigenvalue weighted by molar-refractivity contribution is -0.120. The molecule has 4 nitrogen and oxygen atoms in total. The molecule has 0 unspecified atom stereocenters. The zero-order chi connectivity index (χ0) is 13.8. The molecule has 0 spiro atoms. The van der Waals surface area contributed by atoms with Crippen molar-refractivity contribution in [3.8, 4) is 0 Å². The Balaban J connectivity index is 1.76. The zero-order valence-corrected chi connectivity index (χ0v) is 11.6. The number of halogens is 2. The number of benzene rings is 1. The van der Waals surface area contributed by atoms with Crippen LogP contribution >= 0.6 is 23.8 Å². The first-order valence-electron chi connectivity index (χ1n) is 5.84. The molecule has 1 saturated carbocycles. The van der Waals surface area contributed by atoms with E-state index in [1.807, 2.05) is 0 Å². The monoisotopic (exact) mass is 301 g/mol. The first kappa shape index (κ1) is 14.0. The standard InChI is InChI=1S/C12H13ClFN3OS/c13-9-5-8(3-4-10(9)14)17-12(19)15-6-11(18)16-7-1-2-7/h3-5,7H,1-2,6H2,(H,16,18)(H2,15,17,19). The minimum atomic E-state index is -0.491. The van der Waals surface area contributed by atoms with Crippen LogP contribution in [0.5, 0.6) is 0 Å². The molecule has 1 aromatic rings. The van der Waals surface area contributed by atoms with Gasteiger partial charge in [0, 0.05) is 11.7 Å². The van der Waals surface area contributed by atoms with E-state index in [4.69, 9.17) is 23.8 Å². The van der Waals surface area contributed by atoms with Crippen molar-refractivity contribution in [2.24, 2.45) is 0 Å². The van der Waals surface area contributed by atoms with Crippen molar-refractivity contribution in [2.75, 3.05) is 11.9 Å². The second-order valence-corrected chi connectivity index (χ2v) is 5.09. The summed E-state index contributed by atoms with van der Waals surface area (Å²) >= 11 is 10.7. The van der Waals surface area contributed by atoms with Gasteiger partial charge in [0.05, 0.1) is 11.6 Å². The molecule has 102 valence electrons. The predicted molar refractivity (Wildman–Crippen MR) is 76.8 cm³/mol. The Morgan fingerprint density at radius 3 is 2.84 bits per heavy atom. The highest BCUT2D eigenvalue weighted by molar-refractivity contribution is 7.80. The molecule has 1 fully saturated rings. The van der Waals surface area contributed by atoms with Crippen LogP contribution in [0, 0.1) is 5.82 Å². The van der Waals surface area contributed by atoms with Crippen LogP contribution in [0.4, 0.5) is 10.1 Å². The fourth-order valence-corrected chi connectivity index (χ4v) is 1.79. The molecule has 3 N–H and O–H groups in total. The molecule has 1 aliphatic carbocycles. The van der Waals surface area contributed by atoms with E-state index in [-0.39, 0.29) is 22.6 Å². The molecule has 1 aromatic carbocycles. The second-order valence-electron chi connectivity index (χ2n) is 4.28. The van der Waals surface area contributed by atoms with Gasteiger partial charge in [-0.3, -0.25) is 4.79 Å². The van der Waals surface area contributed by atoms with Crippen LogP contribution in [0.15, 0.2) is 18.2 Å². The molecular weight excluding hydrogens is 289 g/mol. The third kappa shape index (κ3) is 4.65. The summed E-state index contributed by atoms with van der Waals surface area (Å²) in [6.45, 7) is 0.108.